The van der Waals surface area contributed by atoms with Gasteiger partial charge in [-0.05, 0) is 55.8 Å². The maximum atomic E-state index is 12.7. The van der Waals surface area contributed by atoms with Crippen molar-refractivity contribution in [3.05, 3.63) is 42.7 Å². The van der Waals surface area contributed by atoms with E-state index in [1.165, 1.54) is 0 Å². The fourth-order valence-electron chi connectivity index (χ4n) is 3.99. The average Bonchev–Trinajstić information content (AvgIpc) is 3.29. The van der Waals surface area contributed by atoms with Crippen LogP contribution in [0.5, 0.6) is 0 Å². The van der Waals surface area contributed by atoms with Crippen LogP contribution in [0, 0.1) is 5.92 Å². The molecule has 2 fully saturated rings. The Kier molecular flexibility index (Phi) is 6.41. The van der Waals surface area contributed by atoms with Crippen molar-refractivity contribution in [3.63, 3.8) is 0 Å². The number of rotatable bonds is 6. The number of piperidine rings is 1. The van der Waals surface area contributed by atoms with Crippen LogP contribution in [0.2, 0.25) is 0 Å². The first kappa shape index (κ1) is 19.2. The van der Waals surface area contributed by atoms with Crippen LogP contribution in [0.1, 0.15) is 12.8 Å². The Labute approximate surface area is 166 Å². The van der Waals surface area contributed by atoms with Gasteiger partial charge in [0.2, 0.25) is 5.91 Å². The van der Waals surface area contributed by atoms with Crippen molar-refractivity contribution in [2.24, 2.45) is 5.92 Å². The van der Waals surface area contributed by atoms with Gasteiger partial charge in [0.1, 0.15) is 5.76 Å². The molecule has 3 heterocycles. The molecule has 0 saturated carbocycles. The van der Waals surface area contributed by atoms with Gasteiger partial charge in [-0.2, -0.15) is 0 Å². The Balaban J connectivity index is 1.26. The monoisotopic (exact) mass is 383 g/mol. The lowest BCUT2D eigenvalue weighted by molar-refractivity contribution is -0.121. The minimum absolute atomic E-state index is 0.0585. The van der Waals surface area contributed by atoms with Crippen molar-refractivity contribution < 1.29 is 13.9 Å². The molecule has 0 bridgehead atoms. The Morgan fingerprint density at radius 3 is 2.57 bits per heavy atom. The van der Waals surface area contributed by atoms with Crippen molar-refractivity contribution in [2.45, 2.75) is 12.8 Å². The summed E-state index contributed by atoms with van der Waals surface area (Å²) in [5, 5.41) is 3.09. The number of morpholine rings is 1. The Bertz CT molecular complexity index is 739. The van der Waals surface area contributed by atoms with E-state index >= 15 is 0 Å². The zero-order valence-electron chi connectivity index (χ0n) is 16.3. The molecule has 0 radical (unpaired) electrons. The predicted molar refractivity (Wildman–Crippen MR) is 109 cm³/mol. The Morgan fingerprint density at radius 1 is 1.04 bits per heavy atom. The molecule has 2 aromatic rings. The Hall–Kier alpha value is -2.15. The molecule has 6 heteroatoms. The quantitative estimate of drug-likeness (QED) is 0.831. The van der Waals surface area contributed by atoms with Crippen molar-refractivity contribution in [1.82, 2.24) is 9.80 Å². The first-order chi connectivity index (χ1) is 13.8. The smallest absolute Gasteiger partial charge is 0.228 e. The molecular formula is C22H29N3O3. The molecule has 2 aliphatic rings. The van der Waals surface area contributed by atoms with E-state index in [-0.39, 0.29) is 11.8 Å². The maximum Gasteiger partial charge on any atom is 0.228 e. The summed E-state index contributed by atoms with van der Waals surface area (Å²) in [5.41, 5.74) is 1.85. The first-order valence-electron chi connectivity index (χ1n) is 10.3. The highest BCUT2D eigenvalue weighted by Crippen LogP contribution is 2.23. The number of hydrogen-bond acceptors (Lipinski definition) is 5. The average molecular weight is 383 g/mol. The van der Waals surface area contributed by atoms with E-state index in [1.54, 1.807) is 6.26 Å². The molecule has 28 heavy (non-hydrogen) atoms. The molecule has 0 aliphatic carbocycles. The summed E-state index contributed by atoms with van der Waals surface area (Å²) in [6.45, 7) is 7.74. The zero-order valence-corrected chi connectivity index (χ0v) is 16.3. The third-order valence-corrected chi connectivity index (χ3v) is 5.67. The van der Waals surface area contributed by atoms with Crippen LogP contribution in [0.15, 0.2) is 47.1 Å². The van der Waals surface area contributed by atoms with Gasteiger partial charge in [-0.1, -0.05) is 0 Å². The van der Waals surface area contributed by atoms with Gasteiger partial charge in [-0.3, -0.25) is 9.69 Å². The summed E-state index contributed by atoms with van der Waals surface area (Å²) in [4.78, 5) is 17.6. The third-order valence-electron chi connectivity index (χ3n) is 5.67. The van der Waals surface area contributed by atoms with E-state index in [2.05, 4.69) is 15.1 Å². The normalized spacial score (nSPS) is 21.5. The van der Waals surface area contributed by atoms with Crippen molar-refractivity contribution in [3.8, 4) is 11.3 Å². The van der Waals surface area contributed by atoms with Crippen LogP contribution in [0.25, 0.3) is 11.3 Å². The van der Waals surface area contributed by atoms with Gasteiger partial charge in [-0.15, -0.1) is 0 Å². The highest BCUT2D eigenvalue weighted by molar-refractivity contribution is 5.93. The molecular weight excluding hydrogens is 354 g/mol. The van der Waals surface area contributed by atoms with Crippen LogP contribution in [0.3, 0.4) is 0 Å². The van der Waals surface area contributed by atoms with Crippen molar-refractivity contribution >= 4 is 11.6 Å². The number of furan rings is 1. The van der Waals surface area contributed by atoms with Gasteiger partial charge in [0.05, 0.1) is 25.4 Å². The standard InChI is InChI=1S/C22H29N3O3/c26-22(23-20-7-5-18(6-8-20)21-4-2-14-28-21)19-3-1-9-25(17-19)11-10-24-12-15-27-16-13-24/h2,4-8,14,19H,1,3,9-13,15-17H2,(H,23,26)/t19-/m0/s1. The van der Waals surface area contributed by atoms with Crippen molar-refractivity contribution in [2.75, 3.05) is 57.8 Å². The first-order valence-corrected chi connectivity index (χ1v) is 10.3. The second kappa shape index (κ2) is 9.37. The van der Waals surface area contributed by atoms with Crippen molar-refractivity contribution in [1.29, 1.82) is 0 Å². The molecule has 1 aromatic heterocycles. The highest BCUT2D eigenvalue weighted by Gasteiger charge is 2.26. The number of anilines is 1. The summed E-state index contributed by atoms with van der Waals surface area (Å²) in [5.74, 6) is 1.02. The van der Waals surface area contributed by atoms with E-state index in [4.69, 9.17) is 9.15 Å². The minimum atomic E-state index is 0.0585. The SMILES string of the molecule is O=C(Nc1ccc(-c2ccco2)cc1)[C@H]1CCCN(CCN2CCOCC2)C1. The minimum Gasteiger partial charge on any atom is -0.464 e. The molecule has 4 rings (SSSR count). The number of amides is 1. The van der Waals surface area contributed by atoms with Gasteiger partial charge in [-0.25, -0.2) is 0 Å². The number of carbonyl (C=O) groups is 1. The molecule has 1 aromatic carbocycles. The molecule has 0 unspecified atom stereocenters. The van der Waals surface area contributed by atoms with E-state index in [0.717, 1.165) is 82.3 Å². The molecule has 6 nitrogen and oxygen atoms in total. The van der Waals surface area contributed by atoms with Crippen LogP contribution in [-0.2, 0) is 9.53 Å². The number of likely N-dealkylation sites (tertiary alicyclic amines) is 1. The number of ether oxygens (including phenoxy) is 1. The summed E-state index contributed by atoms with van der Waals surface area (Å²) < 4.78 is 10.8. The molecule has 0 spiro atoms. The van der Waals surface area contributed by atoms with Crippen LogP contribution in [-0.4, -0.2) is 68.2 Å². The van der Waals surface area contributed by atoms with Crippen LogP contribution < -0.4 is 5.32 Å². The van der Waals surface area contributed by atoms with Gasteiger partial charge < -0.3 is 19.4 Å². The maximum absolute atomic E-state index is 12.7. The van der Waals surface area contributed by atoms with Gasteiger partial charge in [0, 0.05) is 44.0 Å². The number of nitrogens with one attached hydrogen (secondary N) is 1. The molecule has 1 atom stereocenters. The molecule has 2 aliphatic heterocycles. The number of hydrogen-bond donors (Lipinski definition) is 1. The van der Waals surface area contributed by atoms with Crippen LogP contribution >= 0.6 is 0 Å². The number of benzene rings is 1. The van der Waals surface area contributed by atoms with Gasteiger partial charge in [0.15, 0.2) is 0 Å². The highest BCUT2D eigenvalue weighted by atomic mass is 16.5. The second-order valence-electron chi connectivity index (χ2n) is 7.64. The molecule has 150 valence electrons. The van der Waals surface area contributed by atoms with Crippen LogP contribution in [0.4, 0.5) is 5.69 Å². The Morgan fingerprint density at radius 2 is 1.82 bits per heavy atom. The zero-order chi connectivity index (χ0) is 19.2. The molecule has 1 N–H and O–H groups in total. The summed E-state index contributed by atoms with van der Waals surface area (Å²) in [6.07, 6.45) is 3.71. The largest absolute Gasteiger partial charge is 0.464 e. The summed E-state index contributed by atoms with van der Waals surface area (Å²) >= 11 is 0. The second-order valence-corrected chi connectivity index (χ2v) is 7.64. The summed E-state index contributed by atoms with van der Waals surface area (Å²) in [7, 11) is 0. The number of carbonyl (C=O) groups excluding carboxylic acids is 1. The van der Waals surface area contributed by atoms with E-state index in [9.17, 15) is 4.79 Å². The fraction of sp³-hybridized carbons (Fsp3) is 0.500. The predicted octanol–water partition coefficient (Wildman–Crippen LogP) is 2.93. The molecule has 2 saturated heterocycles. The van der Waals surface area contributed by atoms with E-state index < -0.39 is 0 Å². The lowest BCUT2D eigenvalue weighted by Crippen LogP contribution is -2.45. The number of nitrogens with zero attached hydrogens (tertiary/aromatic N) is 2. The topological polar surface area (TPSA) is 58.0 Å². The van der Waals surface area contributed by atoms with Gasteiger partial charge >= 0.3 is 0 Å². The van der Waals surface area contributed by atoms with E-state index in [1.807, 2.05) is 36.4 Å². The summed E-state index contributed by atoms with van der Waals surface area (Å²) in [6, 6.07) is 11.6. The van der Waals surface area contributed by atoms with E-state index in [0.29, 0.717) is 0 Å². The lowest BCUT2D eigenvalue weighted by Gasteiger charge is -2.34. The fourth-order valence-corrected chi connectivity index (χ4v) is 3.99. The van der Waals surface area contributed by atoms with Gasteiger partial charge in [0.25, 0.3) is 0 Å². The lowest BCUT2D eigenvalue weighted by atomic mass is 9.97. The third kappa shape index (κ3) is 5.01. The molecule has 1 amide bonds.